The molecular formula is C14H16N4O. The van der Waals surface area contributed by atoms with E-state index in [1.807, 2.05) is 6.92 Å². The second-order valence-corrected chi connectivity index (χ2v) is 4.60. The summed E-state index contributed by atoms with van der Waals surface area (Å²) in [7, 11) is 0. The molecule has 1 aromatic heterocycles. The van der Waals surface area contributed by atoms with Crippen LogP contribution in [-0.2, 0) is 4.79 Å². The van der Waals surface area contributed by atoms with E-state index in [0.29, 0.717) is 11.5 Å². The number of nitrogens with zero attached hydrogens (tertiary/aromatic N) is 3. The van der Waals surface area contributed by atoms with Crippen molar-refractivity contribution in [3.63, 3.8) is 0 Å². The fourth-order valence-corrected chi connectivity index (χ4v) is 1.63. The first-order valence-corrected chi connectivity index (χ1v) is 6.04. The van der Waals surface area contributed by atoms with Gasteiger partial charge in [0.25, 0.3) is 5.91 Å². The number of aliphatic imine (C=N–C) groups is 1. The largest absolute Gasteiger partial charge is 0.364 e. The van der Waals surface area contributed by atoms with Crippen LogP contribution < -0.4 is 5.73 Å². The highest BCUT2D eigenvalue weighted by Crippen LogP contribution is 2.38. The van der Waals surface area contributed by atoms with Gasteiger partial charge in [0.15, 0.2) is 0 Å². The van der Waals surface area contributed by atoms with Crippen molar-refractivity contribution in [1.29, 1.82) is 0 Å². The van der Waals surface area contributed by atoms with Crippen molar-refractivity contribution in [2.45, 2.75) is 25.7 Å². The molecule has 1 aliphatic rings. The summed E-state index contributed by atoms with van der Waals surface area (Å²) in [6.45, 7) is 9.24. The van der Waals surface area contributed by atoms with Crippen LogP contribution in [0.25, 0.3) is 5.57 Å². The van der Waals surface area contributed by atoms with E-state index in [1.54, 1.807) is 6.20 Å². The predicted octanol–water partition coefficient (Wildman–Crippen LogP) is 1.75. The number of allylic oxidation sites excluding steroid dienone is 1. The number of hydrogen-bond acceptors (Lipinski definition) is 4. The fraction of sp³-hybridized carbons (Fsp3) is 0.286. The molecule has 0 aliphatic heterocycles. The van der Waals surface area contributed by atoms with E-state index in [1.165, 1.54) is 19.1 Å². The van der Waals surface area contributed by atoms with Gasteiger partial charge in [0.1, 0.15) is 11.5 Å². The third-order valence-corrected chi connectivity index (χ3v) is 2.95. The Hall–Kier alpha value is -2.30. The summed E-state index contributed by atoms with van der Waals surface area (Å²) in [6, 6.07) is 0. The van der Waals surface area contributed by atoms with Gasteiger partial charge >= 0.3 is 0 Å². The minimum atomic E-state index is -0.652. The number of amides is 1. The quantitative estimate of drug-likeness (QED) is 0.643. The number of aromatic nitrogens is 2. The maximum atomic E-state index is 10.8. The van der Waals surface area contributed by atoms with Gasteiger partial charge < -0.3 is 5.73 Å². The molecule has 0 atom stereocenters. The molecule has 5 nitrogen and oxygen atoms in total. The molecule has 1 aliphatic carbocycles. The number of aryl methyl sites for hydroxylation is 1. The molecule has 1 saturated carbocycles. The lowest BCUT2D eigenvalue weighted by Crippen LogP contribution is -2.11. The summed E-state index contributed by atoms with van der Waals surface area (Å²) in [4.78, 5) is 23.5. The van der Waals surface area contributed by atoms with E-state index in [0.717, 1.165) is 17.1 Å². The highest BCUT2D eigenvalue weighted by atomic mass is 16.1. The van der Waals surface area contributed by atoms with Crippen molar-refractivity contribution in [3.8, 4) is 0 Å². The molecule has 1 amide bonds. The smallest absolute Gasteiger partial charge is 0.266 e. The Kier molecular flexibility index (Phi) is 3.55. The Labute approximate surface area is 112 Å². The molecule has 2 rings (SSSR count). The Morgan fingerprint density at radius 2 is 2.21 bits per heavy atom. The lowest BCUT2D eigenvalue weighted by molar-refractivity contribution is -0.114. The van der Waals surface area contributed by atoms with Crippen molar-refractivity contribution >= 4 is 17.7 Å². The molecular weight excluding hydrogens is 240 g/mol. The lowest BCUT2D eigenvalue weighted by atomic mass is 10.1. The van der Waals surface area contributed by atoms with Crippen molar-refractivity contribution in [3.05, 3.63) is 42.1 Å². The van der Waals surface area contributed by atoms with Crippen LogP contribution >= 0.6 is 0 Å². The van der Waals surface area contributed by atoms with Gasteiger partial charge in [-0.3, -0.25) is 9.79 Å². The average Bonchev–Trinajstić information content (AvgIpc) is 3.19. The summed E-state index contributed by atoms with van der Waals surface area (Å²) in [5.41, 5.74) is 7.34. The van der Waals surface area contributed by atoms with Gasteiger partial charge in [0.05, 0.1) is 0 Å². The number of rotatable bonds is 5. The molecule has 19 heavy (non-hydrogen) atoms. The minimum Gasteiger partial charge on any atom is -0.364 e. The monoisotopic (exact) mass is 256 g/mol. The topological polar surface area (TPSA) is 81.2 Å². The van der Waals surface area contributed by atoms with Crippen LogP contribution in [0.4, 0.5) is 0 Å². The second-order valence-electron chi connectivity index (χ2n) is 4.60. The normalized spacial score (nSPS) is 14.6. The van der Waals surface area contributed by atoms with Gasteiger partial charge in [-0.1, -0.05) is 13.2 Å². The number of carbonyl (C=O) groups is 1. The van der Waals surface area contributed by atoms with Gasteiger partial charge in [-0.05, 0) is 25.3 Å². The third kappa shape index (κ3) is 3.13. The molecule has 1 aromatic rings. The summed E-state index contributed by atoms with van der Waals surface area (Å²) < 4.78 is 0. The van der Waals surface area contributed by atoms with Crippen molar-refractivity contribution in [2.75, 3.05) is 0 Å². The first-order valence-electron chi connectivity index (χ1n) is 6.04. The number of primary amides is 1. The zero-order valence-corrected chi connectivity index (χ0v) is 10.9. The maximum absolute atomic E-state index is 10.8. The summed E-state index contributed by atoms with van der Waals surface area (Å²) in [5.74, 6) is 0.762. The predicted molar refractivity (Wildman–Crippen MR) is 74.6 cm³/mol. The van der Waals surface area contributed by atoms with Crippen LogP contribution in [0.5, 0.6) is 0 Å². The summed E-state index contributed by atoms with van der Waals surface area (Å²) >= 11 is 0. The standard InChI is InChI=1S/C14H16N4O/c1-8(6-16-10(3)13(15)19)12-7-17-14(11-4-5-11)18-9(12)2/h6-7,11H,1,3-5H2,2H3,(H2,15,19)/b16-6+. The van der Waals surface area contributed by atoms with Crippen molar-refractivity contribution in [2.24, 2.45) is 10.7 Å². The molecule has 0 unspecified atom stereocenters. The number of carbonyl (C=O) groups excluding carboxylic acids is 1. The first-order chi connectivity index (χ1) is 8.99. The number of hydrogen-bond donors (Lipinski definition) is 1. The average molecular weight is 256 g/mol. The first kappa shape index (κ1) is 13.1. The SMILES string of the molecule is C=C(/N=C/C(=C)c1cnc(C2CC2)nc1C)C(N)=O. The molecule has 2 N–H and O–H groups in total. The molecule has 0 radical (unpaired) electrons. The molecule has 1 heterocycles. The summed E-state index contributed by atoms with van der Waals surface area (Å²) in [5, 5.41) is 0. The zero-order valence-electron chi connectivity index (χ0n) is 10.9. The third-order valence-electron chi connectivity index (χ3n) is 2.95. The van der Waals surface area contributed by atoms with Crippen LogP contribution in [0.1, 0.15) is 35.8 Å². The molecule has 98 valence electrons. The van der Waals surface area contributed by atoms with E-state index < -0.39 is 5.91 Å². The highest BCUT2D eigenvalue weighted by Gasteiger charge is 2.26. The van der Waals surface area contributed by atoms with E-state index in [2.05, 4.69) is 28.1 Å². The Morgan fingerprint density at radius 1 is 1.53 bits per heavy atom. The molecule has 5 heteroatoms. The molecule has 0 spiro atoms. The highest BCUT2D eigenvalue weighted by molar-refractivity contribution is 6.10. The van der Waals surface area contributed by atoms with E-state index in [9.17, 15) is 4.79 Å². The molecule has 0 aromatic carbocycles. The van der Waals surface area contributed by atoms with Crippen molar-refractivity contribution in [1.82, 2.24) is 9.97 Å². The fourth-order valence-electron chi connectivity index (χ4n) is 1.63. The maximum Gasteiger partial charge on any atom is 0.266 e. The van der Waals surface area contributed by atoms with E-state index >= 15 is 0 Å². The van der Waals surface area contributed by atoms with Gasteiger partial charge in [-0.2, -0.15) is 0 Å². The zero-order chi connectivity index (χ0) is 14.0. The Balaban J connectivity index is 2.15. The van der Waals surface area contributed by atoms with Gasteiger partial charge in [0, 0.05) is 29.6 Å². The van der Waals surface area contributed by atoms with Crippen LogP contribution in [0.2, 0.25) is 0 Å². The lowest BCUT2D eigenvalue weighted by Gasteiger charge is -2.06. The molecule has 0 saturated heterocycles. The van der Waals surface area contributed by atoms with Crippen LogP contribution in [-0.4, -0.2) is 22.1 Å². The Bertz CT molecular complexity index is 585. The van der Waals surface area contributed by atoms with Gasteiger partial charge in [0.2, 0.25) is 0 Å². The minimum absolute atomic E-state index is 0.00526. The molecule has 0 bridgehead atoms. The molecule has 1 fully saturated rings. The van der Waals surface area contributed by atoms with Crippen molar-refractivity contribution < 1.29 is 4.79 Å². The summed E-state index contributed by atoms with van der Waals surface area (Å²) in [6.07, 6.45) is 5.53. The van der Waals surface area contributed by atoms with E-state index in [4.69, 9.17) is 5.73 Å². The van der Waals surface area contributed by atoms with E-state index in [-0.39, 0.29) is 5.70 Å². The van der Waals surface area contributed by atoms with Gasteiger partial charge in [-0.25, -0.2) is 9.97 Å². The Morgan fingerprint density at radius 3 is 2.74 bits per heavy atom. The van der Waals surface area contributed by atoms with Gasteiger partial charge in [-0.15, -0.1) is 0 Å². The second kappa shape index (κ2) is 5.14. The van der Waals surface area contributed by atoms with Crippen LogP contribution in [0.15, 0.2) is 30.0 Å². The number of nitrogens with two attached hydrogens (primary N) is 1. The van der Waals surface area contributed by atoms with Crippen LogP contribution in [0, 0.1) is 6.92 Å². The van der Waals surface area contributed by atoms with Crippen LogP contribution in [0.3, 0.4) is 0 Å².